The minimum Gasteiger partial charge on any atom is -0.497 e. The Morgan fingerprint density at radius 2 is 1.82 bits per heavy atom. The molecule has 0 aromatic heterocycles. The third-order valence-electron chi connectivity index (χ3n) is 4.57. The fraction of sp³-hybridized carbons (Fsp3) is 0.300. The van der Waals surface area contributed by atoms with E-state index in [0.29, 0.717) is 13.0 Å². The Kier molecular flexibility index (Phi) is 5.99. The Hall–Kier alpha value is -2.87. The smallest absolute Gasteiger partial charge is 0.269 e. The zero-order chi connectivity index (χ0) is 20.1. The van der Waals surface area contributed by atoms with E-state index in [2.05, 4.69) is 5.32 Å². The largest absolute Gasteiger partial charge is 0.497 e. The standard InChI is InChI=1S/C20H22N2O5S/c1-27-16-10-8-15(9-11-16)12-13-21-19(23)7-4-14-22-20(24)17-5-2-3-6-18(17)28(22,25)26/h2-3,5-6,8-11H,4,7,12-14H2,1H3,(H,21,23). The van der Waals surface area contributed by atoms with Crippen molar-refractivity contribution in [2.45, 2.75) is 24.2 Å². The zero-order valence-electron chi connectivity index (χ0n) is 15.6. The monoisotopic (exact) mass is 402 g/mol. The highest BCUT2D eigenvalue weighted by Gasteiger charge is 2.40. The number of amides is 2. The molecule has 3 rings (SSSR count). The van der Waals surface area contributed by atoms with Gasteiger partial charge in [-0.25, -0.2) is 12.7 Å². The first-order valence-electron chi connectivity index (χ1n) is 8.99. The average molecular weight is 402 g/mol. The van der Waals surface area contributed by atoms with Gasteiger partial charge >= 0.3 is 0 Å². The predicted octanol–water partition coefficient (Wildman–Crippen LogP) is 1.98. The van der Waals surface area contributed by atoms with Crippen molar-refractivity contribution >= 4 is 21.8 Å². The van der Waals surface area contributed by atoms with E-state index in [0.717, 1.165) is 15.6 Å². The van der Waals surface area contributed by atoms with E-state index < -0.39 is 15.9 Å². The number of benzene rings is 2. The molecule has 28 heavy (non-hydrogen) atoms. The van der Waals surface area contributed by atoms with Crippen molar-refractivity contribution in [2.75, 3.05) is 20.2 Å². The second kappa shape index (κ2) is 8.43. The van der Waals surface area contributed by atoms with E-state index in [1.54, 1.807) is 19.2 Å². The van der Waals surface area contributed by atoms with Crippen molar-refractivity contribution in [2.24, 2.45) is 0 Å². The quantitative estimate of drug-likeness (QED) is 0.729. The topological polar surface area (TPSA) is 92.8 Å². The van der Waals surface area contributed by atoms with Crippen LogP contribution in [0.4, 0.5) is 0 Å². The van der Waals surface area contributed by atoms with Crippen LogP contribution in [-0.4, -0.2) is 44.7 Å². The molecule has 1 aliphatic heterocycles. The summed E-state index contributed by atoms with van der Waals surface area (Å²) in [7, 11) is -2.20. The van der Waals surface area contributed by atoms with E-state index in [4.69, 9.17) is 4.74 Å². The molecule has 0 saturated heterocycles. The van der Waals surface area contributed by atoms with Gasteiger partial charge in [0.05, 0.1) is 12.7 Å². The van der Waals surface area contributed by atoms with Gasteiger partial charge in [0, 0.05) is 19.5 Å². The van der Waals surface area contributed by atoms with E-state index in [1.807, 2.05) is 24.3 Å². The average Bonchev–Trinajstić information content (AvgIpc) is 2.89. The van der Waals surface area contributed by atoms with Gasteiger partial charge in [0.15, 0.2) is 0 Å². The number of hydrogen-bond donors (Lipinski definition) is 1. The summed E-state index contributed by atoms with van der Waals surface area (Å²) in [6.45, 7) is 0.472. The molecule has 1 aliphatic rings. The summed E-state index contributed by atoms with van der Waals surface area (Å²) in [6, 6.07) is 13.7. The first-order chi connectivity index (χ1) is 13.4. The summed E-state index contributed by atoms with van der Waals surface area (Å²) in [5.74, 6) is 0.0759. The van der Waals surface area contributed by atoms with Crippen LogP contribution in [-0.2, 0) is 21.2 Å². The van der Waals surface area contributed by atoms with E-state index in [9.17, 15) is 18.0 Å². The zero-order valence-corrected chi connectivity index (χ0v) is 16.4. The number of methoxy groups -OCH3 is 1. The molecule has 0 spiro atoms. The van der Waals surface area contributed by atoms with E-state index in [-0.39, 0.29) is 35.8 Å². The van der Waals surface area contributed by atoms with Gasteiger partial charge in [0.25, 0.3) is 15.9 Å². The summed E-state index contributed by atoms with van der Waals surface area (Å²) in [4.78, 5) is 24.3. The molecule has 2 aromatic rings. The highest BCUT2D eigenvalue weighted by atomic mass is 32.2. The van der Waals surface area contributed by atoms with Gasteiger partial charge in [-0.15, -0.1) is 0 Å². The fourth-order valence-corrected chi connectivity index (χ4v) is 4.67. The molecule has 0 bridgehead atoms. The molecule has 0 aliphatic carbocycles. The normalized spacial score (nSPS) is 14.6. The predicted molar refractivity (Wildman–Crippen MR) is 104 cm³/mol. The van der Waals surface area contributed by atoms with Crippen LogP contribution in [0, 0.1) is 0 Å². The lowest BCUT2D eigenvalue weighted by atomic mass is 10.1. The summed E-state index contributed by atoms with van der Waals surface area (Å²) in [5.41, 5.74) is 1.26. The number of ether oxygens (including phenoxy) is 1. The number of fused-ring (bicyclic) bond motifs is 1. The van der Waals surface area contributed by atoms with Crippen LogP contribution in [0.2, 0.25) is 0 Å². The first-order valence-corrected chi connectivity index (χ1v) is 10.4. The van der Waals surface area contributed by atoms with Gasteiger partial charge < -0.3 is 10.1 Å². The Balaban J connectivity index is 1.44. The summed E-state index contributed by atoms with van der Waals surface area (Å²) in [5, 5.41) is 2.81. The van der Waals surface area contributed by atoms with Gasteiger partial charge in [0.2, 0.25) is 5.91 Å². The second-order valence-corrected chi connectivity index (χ2v) is 8.26. The van der Waals surface area contributed by atoms with Gasteiger partial charge in [-0.05, 0) is 42.7 Å². The lowest BCUT2D eigenvalue weighted by Gasteiger charge is -2.14. The molecule has 0 fully saturated rings. The summed E-state index contributed by atoms with van der Waals surface area (Å²) in [6.07, 6.45) is 1.11. The Morgan fingerprint density at radius 1 is 1.11 bits per heavy atom. The van der Waals surface area contributed by atoms with Crippen molar-refractivity contribution in [1.82, 2.24) is 9.62 Å². The molecule has 8 heteroatoms. The highest BCUT2D eigenvalue weighted by Crippen LogP contribution is 2.29. The van der Waals surface area contributed by atoms with Gasteiger partial charge in [-0.2, -0.15) is 0 Å². The third-order valence-corrected chi connectivity index (χ3v) is 6.41. The summed E-state index contributed by atoms with van der Waals surface area (Å²) < 4.78 is 30.8. The van der Waals surface area contributed by atoms with Crippen molar-refractivity contribution < 1.29 is 22.7 Å². The number of carbonyl (C=O) groups is 2. The van der Waals surface area contributed by atoms with Crippen molar-refractivity contribution in [3.63, 3.8) is 0 Å². The number of hydrogen-bond acceptors (Lipinski definition) is 5. The molecule has 0 radical (unpaired) electrons. The fourth-order valence-electron chi connectivity index (χ4n) is 3.06. The first kappa shape index (κ1) is 19.9. The molecule has 1 heterocycles. The number of rotatable bonds is 8. The van der Waals surface area contributed by atoms with Crippen LogP contribution in [0.1, 0.15) is 28.8 Å². The van der Waals surface area contributed by atoms with Gasteiger partial charge in [0.1, 0.15) is 10.6 Å². The highest BCUT2D eigenvalue weighted by molar-refractivity contribution is 7.90. The molecular formula is C20H22N2O5S. The molecule has 0 saturated carbocycles. The Bertz CT molecular complexity index is 970. The number of carbonyl (C=O) groups excluding carboxylic acids is 2. The van der Waals surface area contributed by atoms with Crippen LogP contribution in [0.25, 0.3) is 0 Å². The van der Waals surface area contributed by atoms with Crippen LogP contribution >= 0.6 is 0 Å². The lowest BCUT2D eigenvalue weighted by Crippen LogP contribution is -2.32. The maximum absolute atomic E-state index is 12.4. The van der Waals surface area contributed by atoms with E-state index >= 15 is 0 Å². The molecule has 0 unspecified atom stereocenters. The summed E-state index contributed by atoms with van der Waals surface area (Å²) >= 11 is 0. The molecule has 148 valence electrons. The molecule has 2 aromatic carbocycles. The molecule has 2 amide bonds. The lowest BCUT2D eigenvalue weighted by molar-refractivity contribution is -0.121. The SMILES string of the molecule is COc1ccc(CCNC(=O)CCCN2C(=O)c3ccccc3S2(=O)=O)cc1. The Labute approximate surface area is 164 Å². The minimum absolute atomic E-state index is 0.0122. The second-order valence-electron chi connectivity index (χ2n) is 6.43. The molecular weight excluding hydrogens is 380 g/mol. The van der Waals surface area contributed by atoms with E-state index in [1.165, 1.54) is 12.1 Å². The maximum Gasteiger partial charge on any atom is 0.269 e. The Morgan fingerprint density at radius 3 is 2.50 bits per heavy atom. The molecule has 1 N–H and O–H groups in total. The number of sulfonamides is 1. The van der Waals surface area contributed by atoms with Crippen LogP contribution in [0.3, 0.4) is 0 Å². The van der Waals surface area contributed by atoms with Gasteiger partial charge in [-0.1, -0.05) is 24.3 Å². The van der Waals surface area contributed by atoms with Crippen molar-refractivity contribution in [3.8, 4) is 5.75 Å². The van der Waals surface area contributed by atoms with Crippen LogP contribution in [0.5, 0.6) is 5.75 Å². The number of nitrogens with one attached hydrogen (secondary N) is 1. The van der Waals surface area contributed by atoms with Crippen LogP contribution < -0.4 is 10.1 Å². The molecule has 7 nitrogen and oxygen atoms in total. The minimum atomic E-state index is -3.81. The number of nitrogens with zero attached hydrogens (tertiary/aromatic N) is 1. The van der Waals surface area contributed by atoms with Crippen molar-refractivity contribution in [3.05, 3.63) is 59.7 Å². The molecule has 0 atom stereocenters. The third kappa shape index (κ3) is 4.17. The maximum atomic E-state index is 12.4. The van der Waals surface area contributed by atoms with Gasteiger partial charge in [-0.3, -0.25) is 9.59 Å². The van der Waals surface area contributed by atoms with Crippen molar-refractivity contribution in [1.29, 1.82) is 0 Å². The van der Waals surface area contributed by atoms with Crippen LogP contribution in [0.15, 0.2) is 53.4 Å².